The molecule has 0 bridgehead atoms. The van der Waals surface area contributed by atoms with Crippen molar-refractivity contribution in [3.8, 4) is 16.9 Å². The predicted molar refractivity (Wildman–Crippen MR) is 74.7 cm³/mol. The number of hydrazine groups is 1. The van der Waals surface area contributed by atoms with E-state index in [0.717, 1.165) is 11.1 Å². The standard InChI is InChI=1S/C14H13ClN2O2/c15-12-8-11(10-4-2-1-3-5-10)6-7-13(12)19-9-14(18)17-16/h1-8H,9,16H2,(H,17,18). The summed E-state index contributed by atoms with van der Waals surface area (Å²) in [5, 5.41) is 0.450. The molecule has 0 aliphatic heterocycles. The smallest absolute Gasteiger partial charge is 0.271 e. The fraction of sp³-hybridized carbons (Fsp3) is 0.0714. The Labute approximate surface area is 116 Å². The maximum Gasteiger partial charge on any atom is 0.271 e. The van der Waals surface area contributed by atoms with Gasteiger partial charge in [-0.05, 0) is 23.3 Å². The third-order valence-electron chi connectivity index (χ3n) is 2.56. The van der Waals surface area contributed by atoms with Gasteiger partial charge in [0, 0.05) is 0 Å². The van der Waals surface area contributed by atoms with Gasteiger partial charge < -0.3 is 4.74 Å². The number of hydrogen-bond acceptors (Lipinski definition) is 3. The fourth-order valence-corrected chi connectivity index (χ4v) is 1.85. The molecule has 0 radical (unpaired) electrons. The zero-order valence-corrected chi connectivity index (χ0v) is 10.9. The normalized spacial score (nSPS) is 10.0. The third-order valence-corrected chi connectivity index (χ3v) is 2.85. The zero-order chi connectivity index (χ0) is 13.7. The maximum atomic E-state index is 11.0. The van der Waals surface area contributed by atoms with Gasteiger partial charge in [0.15, 0.2) is 6.61 Å². The minimum Gasteiger partial charge on any atom is -0.482 e. The van der Waals surface area contributed by atoms with Crippen molar-refractivity contribution in [2.45, 2.75) is 0 Å². The van der Waals surface area contributed by atoms with Crippen LogP contribution in [-0.4, -0.2) is 12.5 Å². The molecule has 0 saturated heterocycles. The van der Waals surface area contributed by atoms with Crippen LogP contribution in [-0.2, 0) is 4.79 Å². The molecule has 0 unspecified atom stereocenters. The highest BCUT2D eigenvalue weighted by molar-refractivity contribution is 6.32. The molecule has 0 saturated carbocycles. The van der Waals surface area contributed by atoms with Gasteiger partial charge in [-0.3, -0.25) is 10.2 Å². The summed E-state index contributed by atoms with van der Waals surface area (Å²) in [5.74, 6) is 5.00. The maximum absolute atomic E-state index is 11.0. The van der Waals surface area contributed by atoms with E-state index in [4.69, 9.17) is 22.2 Å². The number of benzene rings is 2. The molecule has 0 aromatic heterocycles. The van der Waals surface area contributed by atoms with Crippen molar-refractivity contribution in [1.82, 2.24) is 5.43 Å². The van der Waals surface area contributed by atoms with Crippen LogP contribution in [0.15, 0.2) is 48.5 Å². The first kappa shape index (κ1) is 13.4. The Hall–Kier alpha value is -2.04. The molecule has 2 aromatic rings. The molecule has 98 valence electrons. The van der Waals surface area contributed by atoms with Crippen molar-refractivity contribution in [3.63, 3.8) is 0 Å². The van der Waals surface area contributed by atoms with Crippen LogP contribution in [0, 0.1) is 0 Å². The van der Waals surface area contributed by atoms with Crippen molar-refractivity contribution in [1.29, 1.82) is 0 Å². The number of amides is 1. The van der Waals surface area contributed by atoms with Gasteiger partial charge in [0.25, 0.3) is 5.91 Å². The number of hydrogen-bond donors (Lipinski definition) is 2. The minimum absolute atomic E-state index is 0.166. The fourth-order valence-electron chi connectivity index (χ4n) is 1.61. The number of halogens is 1. The second kappa shape index (κ2) is 6.22. The Balaban J connectivity index is 2.16. The van der Waals surface area contributed by atoms with Gasteiger partial charge in [0.05, 0.1) is 5.02 Å². The lowest BCUT2D eigenvalue weighted by Gasteiger charge is -2.09. The van der Waals surface area contributed by atoms with Gasteiger partial charge >= 0.3 is 0 Å². The second-order valence-electron chi connectivity index (χ2n) is 3.87. The molecular formula is C14H13ClN2O2. The van der Waals surface area contributed by atoms with Gasteiger partial charge in [0.2, 0.25) is 0 Å². The molecule has 0 aliphatic rings. The molecule has 5 heteroatoms. The van der Waals surface area contributed by atoms with Crippen LogP contribution in [0.25, 0.3) is 11.1 Å². The minimum atomic E-state index is -0.414. The second-order valence-corrected chi connectivity index (χ2v) is 4.27. The average molecular weight is 277 g/mol. The number of nitrogens with one attached hydrogen (secondary N) is 1. The quantitative estimate of drug-likeness (QED) is 0.512. The van der Waals surface area contributed by atoms with Crippen molar-refractivity contribution in [2.75, 3.05) is 6.61 Å². The van der Waals surface area contributed by atoms with Crippen molar-refractivity contribution >= 4 is 17.5 Å². The van der Waals surface area contributed by atoms with E-state index in [1.54, 1.807) is 12.1 Å². The van der Waals surface area contributed by atoms with Crippen LogP contribution >= 0.6 is 11.6 Å². The number of carbonyl (C=O) groups is 1. The topological polar surface area (TPSA) is 64.3 Å². The Morgan fingerprint density at radius 1 is 1.16 bits per heavy atom. The van der Waals surface area contributed by atoms with Gasteiger partial charge in [-0.1, -0.05) is 48.0 Å². The molecule has 4 nitrogen and oxygen atoms in total. The molecule has 3 N–H and O–H groups in total. The number of ether oxygens (including phenoxy) is 1. The average Bonchev–Trinajstić information content (AvgIpc) is 2.46. The number of rotatable bonds is 4. The van der Waals surface area contributed by atoms with E-state index in [0.29, 0.717) is 10.8 Å². The molecule has 0 aliphatic carbocycles. The summed E-state index contributed by atoms with van der Waals surface area (Å²) in [5.41, 5.74) is 4.04. The van der Waals surface area contributed by atoms with Crippen LogP contribution in [0.5, 0.6) is 5.75 Å². The Kier molecular flexibility index (Phi) is 4.39. The van der Waals surface area contributed by atoms with Crippen LogP contribution in [0.3, 0.4) is 0 Å². The van der Waals surface area contributed by atoms with Crippen molar-refractivity contribution < 1.29 is 9.53 Å². The third kappa shape index (κ3) is 3.47. The molecule has 0 spiro atoms. The zero-order valence-electron chi connectivity index (χ0n) is 10.1. The highest BCUT2D eigenvalue weighted by atomic mass is 35.5. The molecule has 2 rings (SSSR count). The lowest BCUT2D eigenvalue weighted by Crippen LogP contribution is -2.34. The van der Waals surface area contributed by atoms with Gasteiger partial charge in [0.1, 0.15) is 5.75 Å². The first-order chi connectivity index (χ1) is 9.20. The lowest BCUT2D eigenvalue weighted by molar-refractivity contribution is -0.123. The molecule has 0 atom stereocenters. The Morgan fingerprint density at radius 2 is 1.89 bits per heavy atom. The summed E-state index contributed by atoms with van der Waals surface area (Å²) < 4.78 is 5.26. The molecule has 2 aromatic carbocycles. The van der Waals surface area contributed by atoms with Gasteiger partial charge in [-0.2, -0.15) is 0 Å². The van der Waals surface area contributed by atoms with E-state index >= 15 is 0 Å². The summed E-state index contributed by atoms with van der Waals surface area (Å²) in [6, 6.07) is 15.3. The van der Waals surface area contributed by atoms with Crippen molar-refractivity contribution in [3.05, 3.63) is 53.6 Å². The summed E-state index contributed by atoms with van der Waals surface area (Å²) in [6.45, 7) is -0.166. The molecular weight excluding hydrogens is 264 g/mol. The van der Waals surface area contributed by atoms with Crippen LogP contribution in [0.4, 0.5) is 0 Å². The first-order valence-electron chi connectivity index (χ1n) is 5.68. The van der Waals surface area contributed by atoms with Crippen molar-refractivity contribution in [2.24, 2.45) is 5.84 Å². The van der Waals surface area contributed by atoms with E-state index in [2.05, 4.69) is 0 Å². The molecule has 1 amide bonds. The van der Waals surface area contributed by atoms with E-state index in [1.807, 2.05) is 41.8 Å². The van der Waals surface area contributed by atoms with E-state index < -0.39 is 5.91 Å². The highest BCUT2D eigenvalue weighted by Gasteiger charge is 2.06. The van der Waals surface area contributed by atoms with Crippen LogP contribution < -0.4 is 16.0 Å². The van der Waals surface area contributed by atoms with E-state index in [1.165, 1.54) is 0 Å². The summed E-state index contributed by atoms with van der Waals surface area (Å²) in [6.07, 6.45) is 0. The first-order valence-corrected chi connectivity index (χ1v) is 6.05. The SMILES string of the molecule is NNC(=O)COc1ccc(-c2ccccc2)cc1Cl. The summed E-state index contributed by atoms with van der Waals surface area (Å²) in [7, 11) is 0. The van der Waals surface area contributed by atoms with Crippen LogP contribution in [0.2, 0.25) is 5.02 Å². The molecule has 0 fully saturated rings. The number of nitrogens with two attached hydrogens (primary N) is 1. The van der Waals surface area contributed by atoms with E-state index in [9.17, 15) is 4.79 Å². The predicted octanol–water partition coefficient (Wildman–Crippen LogP) is 2.38. The van der Waals surface area contributed by atoms with Crippen LogP contribution in [0.1, 0.15) is 0 Å². The molecule has 0 heterocycles. The van der Waals surface area contributed by atoms with E-state index in [-0.39, 0.29) is 6.61 Å². The van der Waals surface area contributed by atoms with Gasteiger partial charge in [-0.15, -0.1) is 0 Å². The monoisotopic (exact) mass is 276 g/mol. The molecule has 19 heavy (non-hydrogen) atoms. The van der Waals surface area contributed by atoms with Gasteiger partial charge in [-0.25, -0.2) is 5.84 Å². The Bertz CT molecular complexity index is 573. The lowest BCUT2D eigenvalue weighted by atomic mass is 10.1. The summed E-state index contributed by atoms with van der Waals surface area (Å²) >= 11 is 6.12. The Morgan fingerprint density at radius 3 is 2.53 bits per heavy atom. The summed E-state index contributed by atoms with van der Waals surface area (Å²) in [4.78, 5) is 11.0. The number of carbonyl (C=O) groups excluding carboxylic acids is 1. The highest BCUT2D eigenvalue weighted by Crippen LogP contribution is 2.30. The largest absolute Gasteiger partial charge is 0.482 e.